The van der Waals surface area contributed by atoms with Crippen molar-refractivity contribution in [2.24, 2.45) is 5.92 Å². The fourth-order valence-corrected chi connectivity index (χ4v) is 4.38. The molecule has 0 radical (unpaired) electrons. The average Bonchev–Trinajstić information content (AvgIpc) is 2.72. The Hall–Kier alpha value is -1.48. The van der Waals surface area contributed by atoms with Crippen molar-refractivity contribution in [1.29, 1.82) is 0 Å². The summed E-state index contributed by atoms with van der Waals surface area (Å²) in [5.41, 5.74) is 1.48. The zero-order valence-corrected chi connectivity index (χ0v) is 17.5. The lowest BCUT2D eigenvalue weighted by Crippen LogP contribution is -2.04. The van der Waals surface area contributed by atoms with Crippen LogP contribution in [0, 0.1) is 5.92 Å². The number of ether oxygens (including phenoxy) is 1. The quantitative estimate of drug-likeness (QED) is 0.178. The molecule has 0 amide bonds. The maximum Gasteiger partial charge on any atom is 0.305 e. The van der Waals surface area contributed by atoms with E-state index in [1.165, 1.54) is 56.1 Å². The van der Waals surface area contributed by atoms with Crippen LogP contribution >= 0.6 is 11.8 Å². The Labute approximate surface area is 169 Å². The maximum atomic E-state index is 11.2. The Morgan fingerprint density at radius 1 is 1.11 bits per heavy atom. The normalized spacial score (nSPS) is 16.0. The summed E-state index contributed by atoms with van der Waals surface area (Å²) in [4.78, 5) is 12.6. The van der Waals surface area contributed by atoms with Gasteiger partial charge in [-0.15, -0.1) is 11.8 Å². The van der Waals surface area contributed by atoms with Crippen LogP contribution in [0.1, 0.15) is 64.2 Å². The molecule has 0 N–H and O–H groups in total. The fraction of sp³-hybridized carbons (Fsp3) is 0.542. The molecule has 0 aliphatic heterocycles. The first-order chi connectivity index (χ1) is 13.3. The zero-order chi connectivity index (χ0) is 19.2. The molecule has 1 aromatic rings. The number of thioether (sulfide) groups is 1. The Morgan fingerprint density at radius 3 is 2.63 bits per heavy atom. The standard InChI is InChI=1S/C24H34O2S/c1-26-24(25)18-10-3-7-14-22(20-21-12-5-2-6-13-21)15-11-19-27-23-16-8-4-9-17-23/h4,7-9,14,16-17,20-21H,2-3,5-6,10-13,15,18-19H2,1H3/b14-7+,22-20-. The third-order valence-electron chi connectivity index (χ3n) is 5.03. The third-order valence-corrected chi connectivity index (χ3v) is 6.13. The van der Waals surface area contributed by atoms with Crippen LogP contribution in [0.2, 0.25) is 0 Å². The second-order valence-corrected chi connectivity index (χ2v) is 8.44. The first kappa shape index (κ1) is 21.8. The van der Waals surface area contributed by atoms with Crippen LogP contribution in [0.5, 0.6) is 0 Å². The van der Waals surface area contributed by atoms with Crippen molar-refractivity contribution in [2.45, 2.75) is 69.1 Å². The molecule has 0 atom stereocenters. The van der Waals surface area contributed by atoms with Gasteiger partial charge in [-0.3, -0.25) is 4.79 Å². The molecule has 1 aliphatic rings. The number of unbranched alkanes of at least 4 members (excludes halogenated alkanes) is 1. The van der Waals surface area contributed by atoms with E-state index in [4.69, 9.17) is 4.74 Å². The summed E-state index contributed by atoms with van der Waals surface area (Å²) in [5.74, 6) is 1.80. The smallest absolute Gasteiger partial charge is 0.305 e. The molecule has 2 nitrogen and oxygen atoms in total. The zero-order valence-electron chi connectivity index (χ0n) is 16.7. The molecular formula is C24H34O2S. The molecule has 1 fully saturated rings. The van der Waals surface area contributed by atoms with Gasteiger partial charge in [-0.05, 0) is 62.3 Å². The van der Waals surface area contributed by atoms with Crippen LogP contribution in [0.4, 0.5) is 0 Å². The molecule has 1 saturated carbocycles. The highest BCUT2D eigenvalue weighted by Crippen LogP contribution is 2.27. The number of carbonyl (C=O) groups excluding carboxylic acids is 1. The summed E-state index contributed by atoms with van der Waals surface area (Å²) >= 11 is 1.94. The number of hydrogen-bond acceptors (Lipinski definition) is 3. The van der Waals surface area contributed by atoms with Gasteiger partial charge in [-0.25, -0.2) is 0 Å². The molecule has 148 valence electrons. The van der Waals surface area contributed by atoms with Crippen molar-refractivity contribution >= 4 is 17.7 Å². The molecule has 27 heavy (non-hydrogen) atoms. The topological polar surface area (TPSA) is 26.3 Å². The van der Waals surface area contributed by atoms with Crippen LogP contribution in [0.25, 0.3) is 0 Å². The largest absolute Gasteiger partial charge is 0.469 e. The van der Waals surface area contributed by atoms with Crippen molar-refractivity contribution in [1.82, 2.24) is 0 Å². The molecular weight excluding hydrogens is 352 g/mol. The summed E-state index contributed by atoms with van der Waals surface area (Å²) in [6.07, 6.45) is 18.6. The summed E-state index contributed by atoms with van der Waals surface area (Å²) in [5, 5.41) is 0. The number of methoxy groups -OCH3 is 1. The van der Waals surface area contributed by atoms with Gasteiger partial charge in [0.1, 0.15) is 0 Å². The molecule has 2 rings (SSSR count). The highest BCUT2D eigenvalue weighted by Gasteiger charge is 2.11. The first-order valence-corrected chi connectivity index (χ1v) is 11.4. The van der Waals surface area contributed by atoms with Gasteiger partial charge in [0, 0.05) is 11.3 Å². The average molecular weight is 387 g/mol. The Balaban J connectivity index is 1.79. The van der Waals surface area contributed by atoms with E-state index >= 15 is 0 Å². The summed E-state index contributed by atoms with van der Waals surface area (Å²) in [6, 6.07) is 10.6. The molecule has 3 heteroatoms. The fourth-order valence-electron chi connectivity index (χ4n) is 3.51. The van der Waals surface area contributed by atoms with Gasteiger partial charge in [0.25, 0.3) is 0 Å². The predicted octanol–water partition coefficient (Wildman–Crippen LogP) is 6.97. The lowest BCUT2D eigenvalue weighted by atomic mass is 9.87. The van der Waals surface area contributed by atoms with Gasteiger partial charge in [-0.1, -0.05) is 61.3 Å². The molecule has 0 heterocycles. The van der Waals surface area contributed by atoms with Crippen LogP contribution in [-0.4, -0.2) is 18.8 Å². The van der Waals surface area contributed by atoms with Crippen LogP contribution in [0.15, 0.2) is 59.0 Å². The minimum Gasteiger partial charge on any atom is -0.469 e. The summed E-state index contributed by atoms with van der Waals surface area (Å²) in [7, 11) is 1.46. The van der Waals surface area contributed by atoms with Gasteiger partial charge in [0.15, 0.2) is 0 Å². The Kier molecular flexibility index (Phi) is 11.0. The van der Waals surface area contributed by atoms with Gasteiger partial charge in [0.05, 0.1) is 7.11 Å². The molecule has 0 saturated heterocycles. The number of esters is 1. The minimum absolute atomic E-state index is 0.112. The molecule has 0 unspecified atom stereocenters. The maximum absolute atomic E-state index is 11.2. The van der Waals surface area contributed by atoms with Crippen LogP contribution in [0.3, 0.4) is 0 Å². The van der Waals surface area contributed by atoms with Crippen molar-refractivity contribution in [3.63, 3.8) is 0 Å². The first-order valence-electron chi connectivity index (χ1n) is 10.4. The Morgan fingerprint density at radius 2 is 1.89 bits per heavy atom. The molecule has 0 spiro atoms. The predicted molar refractivity (Wildman–Crippen MR) is 116 cm³/mol. The SMILES string of the molecule is COC(=O)CCC/C=C/C(=C/C1CCCCC1)CCCSc1ccccc1. The number of benzene rings is 1. The van der Waals surface area contributed by atoms with E-state index in [2.05, 4.69) is 48.6 Å². The van der Waals surface area contributed by atoms with E-state index in [1.807, 2.05) is 11.8 Å². The lowest BCUT2D eigenvalue weighted by molar-refractivity contribution is -0.140. The van der Waals surface area contributed by atoms with E-state index < -0.39 is 0 Å². The number of allylic oxidation sites excluding steroid dienone is 4. The number of hydrogen-bond donors (Lipinski definition) is 0. The van der Waals surface area contributed by atoms with Crippen LogP contribution < -0.4 is 0 Å². The van der Waals surface area contributed by atoms with E-state index in [9.17, 15) is 4.79 Å². The lowest BCUT2D eigenvalue weighted by Gasteiger charge is -2.19. The molecule has 1 aliphatic carbocycles. The second-order valence-electron chi connectivity index (χ2n) is 7.28. The van der Waals surface area contributed by atoms with E-state index in [0.717, 1.165) is 30.9 Å². The minimum atomic E-state index is -0.112. The molecule has 1 aromatic carbocycles. The highest BCUT2D eigenvalue weighted by atomic mass is 32.2. The number of carbonyl (C=O) groups is 1. The monoisotopic (exact) mass is 386 g/mol. The van der Waals surface area contributed by atoms with E-state index in [0.29, 0.717) is 6.42 Å². The van der Waals surface area contributed by atoms with E-state index in [1.54, 1.807) is 0 Å². The number of rotatable bonds is 11. The second kappa shape index (κ2) is 13.7. The summed E-state index contributed by atoms with van der Waals surface area (Å²) < 4.78 is 4.70. The summed E-state index contributed by atoms with van der Waals surface area (Å²) in [6.45, 7) is 0. The highest BCUT2D eigenvalue weighted by molar-refractivity contribution is 7.99. The van der Waals surface area contributed by atoms with Crippen molar-refractivity contribution in [2.75, 3.05) is 12.9 Å². The third kappa shape index (κ3) is 9.86. The van der Waals surface area contributed by atoms with Gasteiger partial charge < -0.3 is 4.74 Å². The Bertz CT molecular complexity index is 586. The van der Waals surface area contributed by atoms with E-state index in [-0.39, 0.29) is 5.97 Å². The van der Waals surface area contributed by atoms with Crippen molar-refractivity contribution < 1.29 is 9.53 Å². The van der Waals surface area contributed by atoms with Crippen molar-refractivity contribution in [3.8, 4) is 0 Å². The van der Waals surface area contributed by atoms with Gasteiger partial charge >= 0.3 is 5.97 Å². The van der Waals surface area contributed by atoms with Crippen molar-refractivity contribution in [3.05, 3.63) is 54.1 Å². The molecule has 0 aromatic heterocycles. The molecule has 0 bridgehead atoms. The van der Waals surface area contributed by atoms with Gasteiger partial charge in [0.2, 0.25) is 0 Å². The van der Waals surface area contributed by atoms with Gasteiger partial charge in [-0.2, -0.15) is 0 Å². The van der Waals surface area contributed by atoms with Crippen LogP contribution in [-0.2, 0) is 9.53 Å².